The number of thiophene rings is 1. The molecule has 4 nitrogen and oxygen atoms in total. The van der Waals surface area contributed by atoms with E-state index in [1.165, 1.54) is 16.9 Å². The molecule has 0 radical (unpaired) electrons. The lowest BCUT2D eigenvalue weighted by molar-refractivity contribution is 0.0792. The van der Waals surface area contributed by atoms with Crippen LogP contribution in [0.2, 0.25) is 0 Å². The van der Waals surface area contributed by atoms with Crippen LogP contribution in [0.15, 0.2) is 41.8 Å². The van der Waals surface area contributed by atoms with E-state index in [0.717, 1.165) is 17.0 Å². The van der Waals surface area contributed by atoms with E-state index >= 15 is 0 Å². The van der Waals surface area contributed by atoms with Gasteiger partial charge in [-0.3, -0.25) is 4.79 Å². The molecule has 0 spiro atoms. The highest BCUT2D eigenvalue weighted by Crippen LogP contribution is 2.29. The van der Waals surface area contributed by atoms with Crippen LogP contribution in [0.25, 0.3) is 0 Å². The molecule has 25 heavy (non-hydrogen) atoms. The fraction of sp³-hybridized carbons (Fsp3) is 0.389. The standard InChI is InChI=1S/C18H23N3OS.2ClH/c1-20(2)10-14-8-9-23-17(14)18(22)21-11-15(16(19)12-21)13-6-4-3-5-7-13;;/h3-9,15-16H,10-12,19H2,1-2H3;2*1H/t15-,16+;;/m0../s1. The number of carbonyl (C=O) groups is 1. The Balaban J connectivity index is 0.00000156. The van der Waals surface area contributed by atoms with Gasteiger partial charge in [-0.05, 0) is 36.7 Å². The predicted molar refractivity (Wildman–Crippen MR) is 109 cm³/mol. The SMILES string of the molecule is CN(C)Cc1ccsc1C(=O)N1C[C@@H](N)[C@H](c2ccccc2)C1.Cl.Cl. The lowest BCUT2D eigenvalue weighted by Gasteiger charge is -2.17. The lowest BCUT2D eigenvalue weighted by Crippen LogP contribution is -2.32. The van der Waals surface area contributed by atoms with Crippen LogP contribution >= 0.6 is 36.2 Å². The van der Waals surface area contributed by atoms with E-state index in [2.05, 4.69) is 17.0 Å². The van der Waals surface area contributed by atoms with E-state index in [-0.39, 0.29) is 42.7 Å². The van der Waals surface area contributed by atoms with Crippen molar-refractivity contribution in [2.45, 2.75) is 18.5 Å². The van der Waals surface area contributed by atoms with E-state index in [9.17, 15) is 4.79 Å². The Kier molecular flexibility index (Phi) is 8.38. The Morgan fingerprint density at radius 1 is 1.20 bits per heavy atom. The van der Waals surface area contributed by atoms with Crippen molar-refractivity contribution in [3.8, 4) is 0 Å². The van der Waals surface area contributed by atoms with Gasteiger partial charge in [0.15, 0.2) is 0 Å². The van der Waals surface area contributed by atoms with Crippen LogP contribution in [0, 0.1) is 0 Å². The number of likely N-dealkylation sites (tertiary alicyclic amines) is 1. The normalized spacial score (nSPS) is 19.4. The van der Waals surface area contributed by atoms with E-state index in [0.29, 0.717) is 13.1 Å². The first-order valence-corrected chi connectivity index (χ1v) is 8.75. The van der Waals surface area contributed by atoms with Crippen molar-refractivity contribution in [3.63, 3.8) is 0 Å². The molecule has 2 N–H and O–H groups in total. The highest BCUT2D eigenvalue weighted by molar-refractivity contribution is 7.12. The smallest absolute Gasteiger partial charge is 0.264 e. The van der Waals surface area contributed by atoms with E-state index in [4.69, 9.17) is 5.73 Å². The van der Waals surface area contributed by atoms with Crippen molar-refractivity contribution >= 4 is 42.1 Å². The number of benzene rings is 1. The maximum absolute atomic E-state index is 12.9. The predicted octanol–water partition coefficient (Wildman–Crippen LogP) is 3.22. The number of carbonyl (C=O) groups excluding carboxylic acids is 1. The highest BCUT2D eigenvalue weighted by Gasteiger charge is 2.35. The summed E-state index contributed by atoms with van der Waals surface area (Å²) in [6.07, 6.45) is 0. The molecular weight excluding hydrogens is 377 g/mol. The van der Waals surface area contributed by atoms with Gasteiger partial charge in [-0.15, -0.1) is 36.2 Å². The summed E-state index contributed by atoms with van der Waals surface area (Å²) in [5.74, 6) is 0.336. The maximum atomic E-state index is 12.9. The minimum absolute atomic E-state index is 0. The van der Waals surface area contributed by atoms with Gasteiger partial charge >= 0.3 is 0 Å². The first-order chi connectivity index (χ1) is 11.1. The maximum Gasteiger partial charge on any atom is 0.264 e. The summed E-state index contributed by atoms with van der Waals surface area (Å²) in [4.78, 5) is 17.7. The number of halogens is 2. The van der Waals surface area contributed by atoms with E-state index in [1.807, 2.05) is 48.6 Å². The molecule has 2 heterocycles. The molecule has 7 heteroatoms. The first kappa shape index (κ1) is 21.9. The molecule has 0 unspecified atom stereocenters. The molecule has 2 aromatic rings. The molecule has 1 aliphatic heterocycles. The number of nitrogens with zero attached hydrogens (tertiary/aromatic N) is 2. The minimum Gasteiger partial charge on any atom is -0.336 e. The molecular formula is C18H25Cl2N3OS. The van der Waals surface area contributed by atoms with Crippen LogP contribution in [0.3, 0.4) is 0 Å². The molecule has 0 saturated carbocycles. The van der Waals surface area contributed by atoms with Crippen molar-refractivity contribution in [2.24, 2.45) is 5.73 Å². The second-order valence-corrected chi connectivity index (χ2v) is 7.32. The van der Waals surface area contributed by atoms with Crippen molar-refractivity contribution in [3.05, 3.63) is 57.8 Å². The third-order valence-electron chi connectivity index (χ3n) is 4.31. The zero-order valence-corrected chi connectivity index (χ0v) is 16.9. The monoisotopic (exact) mass is 401 g/mol. The second-order valence-electron chi connectivity index (χ2n) is 6.40. The van der Waals surface area contributed by atoms with Gasteiger partial charge in [0.1, 0.15) is 0 Å². The van der Waals surface area contributed by atoms with Crippen molar-refractivity contribution < 1.29 is 4.79 Å². The Morgan fingerprint density at radius 2 is 1.88 bits per heavy atom. The van der Waals surface area contributed by atoms with Gasteiger partial charge in [0.05, 0.1) is 4.88 Å². The summed E-state index contributed by atoms with van der Waals surface area (Å²) >= 11 is 1.53. The number of nitrogens with two attached hydrogens (primary N) is 1. The molecule has 1 fully saturated rings. The Labute approximate surface area is 165 Å². The number of amides is 1. The molecule has 3 rings (SSSR count). The summed E-state index contributed by atoms with van der Waals surface area (Å²) in [7, 11) is 4.03. The van der Waals surface area contributed by atoms with Crippen LogP contribution in [-0.2, 0) is 6.54 Å². The number of hydrogen-bond acceptors (Lipinski definition) is 4. The van der Waals surface area contributed by atoms with Crippen molar-refractivity contribution in [1.82, 2.24) is 9.80 Å². The number of hydrogen-bond donors (Lipinski definition) is 1. The molecule has 0 bridgehead atoms. The largest absolute Gasteiger partial charge is 0.336 e. The van der Waals surface area contributed by atoms with Gasteiger partial charge in [-0.1, -0.05) is 30.3 Å². The van der Waals surface area contributed by atoms with E-state index < -0.39 is 0 Å². The quantitative estimate of drug-likeness (QED) is 0.855. The fourth-order valence-electron chi connectivity index (χ4n) is 3.18. The van der Waals surface area contributed by atoms with Crippen molar-refractivity contribution in [2.75, 3.05) is 27.2 Å². The topological polar surface area (TPSA) is 49.6 Å². The van der Waals surface area contributed by atoms with Crippen LogP contribution in [0.1, 0.15) is 26.7 Å². The van der Waals surface area contributed by atoms with Crippen LogP contribution < -0.4 is 5.73 Å². The van der Waals surface area contributed by atoms with Gasteiger partial charge < -0.3 is 15.5 Å². The van der Waals surface area contributed by atoms with Gasteiger partial charge in [0.25, 0.3) is 5.91 Å². The molecule has 1 aromatic heterocycles. The lowest BCUT2D eigenvalue weighted by atomic mass is 9.95. The van der Waals surface area contributed by atoms with Crippen LogP contribution in [0.5, 0.6) is 0 Å². The molecule has 1 amide bonds. The summed E-state index contributed by atoms with van der Waals surface area (Å²) < 4.78 is 0. The summed E-state index contributed by atoms with van der Waals surface area (Å²) in [5, 5.41) is 2.00. The molecule has 1 aromatic carbocycles. The summed E-state index contributed by atoms with van der Waals surface area (Å²) in [6.45, 7) is 2.10. The van der Waals surface area contributed by atoms with Gasteiger partial charge in [-0.25, -0.2) is 0 Å². The molecule has 1 aliphatic rings. The first-order valence-electron chi connectivity index (χ1n) is 7.87. The van der Waals surface area contributed by atoms with Crippen LogP contribution in [-0.4, -0.2) is 48.9 Å². The second kappa shape index (κ2) is 9.55. The molecule has 138 valence electrons. The third kappa shape index (κ3) is 4.96. The third-order valence-corrected chi connectivity index (χ3v) is 5.25. The summed E-state index contributed by atoms with van der Waals surface area (Å²) in [5.41, 5.74) is 8.63. The zero-order chi connectivity index (χ0) is 16.4. The minimum atomic E-state index is -0.00129. The highest BCUT2D eigenvalue weighted by atomic mass is 35.5. The average molecular weight is 402 g/mol. The molecule has 1 saturated heterocycles. The Hall–Kier alpha value is -1.11. The van der Waals surface area contributed by atoms with E-state index in [1.54, 1.807) is 0 Å². The van der Waals surface area contributed by atoms with Gasteiger partial charge in [0, 0.05) is 31.6 Å². The number of rotatable bonds is 4. The van der Waals surface area contributed by atoms with Crippen LogP contribution in [0.4, 0.5) is 0 Å². The molecule has 2 atom stereocenters. The average Bonchev–Trinajstić information content (AvgIpc) is 3.13. The summed E-state index contributed by atoms with van der Waals surface area (Å²) in [6, 6.07) is 12.3. The zero-order valence-electron chi connectivity index (χ0n) is 14.4. The van der Waals surface area contributed by atoms with Crippen molar-refractivity contribution in [1.29, 1.82) is 0 Å². The fourth-order valence-corrected chi connectivity index (χ4v) is 4.06. The Bertz CT molecular complexity index is 678. The van der Waals surface area contributed by atoms with Gasteiger partial charge in [0.2, 0.25) is 0 Å². The Morgan fingerprint density at radius 3 is 2.52 bits per heavy atom. The molecule has 0 aliphatic carbocycles. The van der Waals surface area contributed by atoms with Gasteiger partial charge in [-0.2, -0.15) is 0 Å².